The molecule has 1 saturated carbocycles. The van der Waals surface area contributed by atoms with E-state index < -0.39 is 11.7 Å². The fraction of sp³-hybridized carbons (Fsp3) is 0.360. The van der Waals surface area contributed by atoms with E-state index in [1.54, 1.807) is 36.4 Å². The lowest BCUT2D eigenvalue weighted by atomic mass is 9.83. The molecule has 0 spiro atoms. The van der Waals surface area contributed by atoms with Crippen LogP contribution in [0.25, 0.3) is 10.9 Å². The molecule has 8 heteroatoms. The molecule has 3 aromatic rings. The largest absolute Gasteiger partial charge is 0.490 e. The molecule has 1 amide bonds. The van der Waals surface area contributed by atoms with Gasteiger partial charge in [-0.2, -0.15) is 13.2 Å². The van der Waals surface area contributed by atoms with Crippen molar-refractivity contribution in [3.8, 4) is 5.75 Å². The number of rotatable bonds is 5. The Morgan fingerprint density at radius 1 is 1.09 bits per heavy atom. The standard InChI is InChI=1S/C25H24ClF3N2O2/c1-15(31-24(32)17-5-9-18(26)10-6-17)16-7-11-19(12-8-16)33-22-13-14-30-23-20(22)3-2-4-21(23)25(27,28)29/h2-6,9-10,13-16,19H,7-8,11-12H2,1H3,(H,31,32). The summed E-state index contributed by atoms with van der Waals surface area (Å²) in [6.45, 7) is 1.99. The first-order valence-corrected chi connectivity index (χ1v) is 11.3. The van der Waals surface area contributed by atoms with Crippen molar-refractivity contribution < 1.29 is 22.7 Å². The van der Waals surface area contributed by atoms with Crippen LogP contribution in [0.15, 0.2) is 54.7 Å². The first-order chi connectivity index (χ1) is 15.7. The molecule has 0 bridgehead atoms. The van der Waals surface area contributed by atoms with Gasteiger partial charge >= 0.3 is 6.18 Å². The Hall–Kier alpha value is -2.80. The highest BCUT2D eigenvalue weighted by molar-refractivity contribution is 6.30. The predicted molar refractivity (Wildman–Crippen MR) is 121 cm³/mol. The van der Waals surface area contributed by atoms with Gasteiger partial charge in [0.1, 0.15) is 5.75 Å². The van der Waals surface area contributed by atoms with Crippen LogP contribution in [0.3, 0.4) is 0 Å². The predicted octanol–water partition coefficient (Wildman–Crippen LogP) is 6.66. The summed E-state index contributed by atoms with van der Waals surface area (Å²) in [5.74, 6) is 0.576. The number of carbonyl (C=O) groups excluding carboxylic acids is 1. The lowest BCUT2D eigenvalue weighted by Crippen LogP contribution is -2.40. The zero-order chi connectivity index (χ0) is 23.6. The van der Waals surface area contributed by atoms with Crippen molar-refractivity contribution in [1.82, 2.24) is 10.3 Å². The van der Waals surface area contributed by atoms with Gasteiger partial charge in [-0.3, -0.25) is 9.78 Å². The Morgan fingerprint density at radius 2 is 1.79 bits per heavy atom. The summed E-state index contributed by atoms with van der Waals surface area (Å²) in [6, 6.07) is 12.4. The van der Waals surface area contributed by atoms with Gasteiger partial charge in [0.15, 0.2) is 0 Å². The quantitative estimate of drug-likeness (QED) is 0.447. The number of carbonyl (C=O) groups is 1. The highest BCUT2D eigenvalue weighted by Gasteiger charge is 2.34. The molecule has 174 valence electrons. The van der Waals surface area contributed by atoms with Gasteiger partial charge in [-0.05, 0) is 81.0 Å². The highest BCUT2D eigenvalue weighted by Crippen LogP contribution is 2.37. The summed E-state index contributed by atoms with van der Waals surface area (Å²) in [5, 5.41) is 3.99. The van der Waals surface area contributed by atoms with E-state index in [0.717, 1.165) is 31.7 Å². The van der Waals surface area contributed by atoms with E-state index in [0.29, 0.717) is 27.6 Å². The number of ether oxygens (including phenoxy) is 1. The summed E-state index contributed by atoms with van der Waals surface area (Å²) in [5.41, 5.74) is -0.305. The summed E-state index contributed by atoms with van der Waals surface area (Å²) in [7, 11) is 0. The van der Waals surface area contributed by atoms with E-state index in [2.05, 4.69) is 10.3 Å². The van der Waals surface area contributed by atoms with Gasteiger partial charge in [-0.15, -0.1) is 0 Å². The second kappa shape index (κ2) is 9.59. The molecule has 1 heterocycles. The molecule has 0 radical (unpaired) electrons. The van der Waals surface area contributed by atoms with E-state index in [1.165, 1.54) is 12.3 Å². The Labute approximate surface area is 195 Å². The molecular formula is C25H24ClF3N2O2. The average Bonchev–Trinajstić information content (AvgIpc) is 2.79. The fourth-order valence-corrected chi connectivity index (χ4v) is 4.50. The minimum atomic E-state index is -4.48. The van der Waals surface area contributed by atoms with Crippen LogP contribution in [0.4, 0.5) is 13.2 Å². The van der Waals surface area contributed by atoms with Crippen molar-refractivity contribution >= 4 is 28.4 Å². The van der Waals surface area contributed by atoms with E-state index in [4.69, 9.17) is 16.3 Å². The third-order valence-electron chi connectivity index (χ3n) is 6.22. The number of hydrogen-bond acceptors (Lipinski definition) is 3. The number of hydrogen-bond donors (Lipinski definition) is 1. The Bertz CT molecular complexity index is 1130. The number of nitrogens with one attached hydrogen (secondary N) is 1. The summed E-state index contributed by atoms with van der Waals surface area (Å²) < 4.78 is 46.1. The maximum Gasteiger partial charge on any atom is 0.418 e. The fourth-order valence-electron chi connectivity index (χ4n) is 4.38. The van der Waals surface area contributed by atoms with Gasteiger partial charge in [-0.1, -0.05) is 17.7 Å². The average molecular weight is 477 g/mol. The zero-order valence-corrected chi connectivity index (χ0v) is 18.8. The van der Waals surface area contributed by atoms with Gasteiger partial charge in [0.25, 0.3) is 5.91 Å². The number of amides is 1. The number of benzene rings is 2. The van der Waals surface area contributed by atoms with Crippen molar-refractivity contribution in [3.63, 3.8) is 0 Å². The maximum atomic E-state index is 13.3. The van der Waals surface area contributed by atoms with Gasteiger partial charge in [0.2, 0.25) is 0 Å². The van der Waals surface area contributed by atoms with Gasteiger partial charge < -0.3 is 10.1 Å². The third kappa shape index (κ3) is 5.41. The van der Waals surface area contributed by atoms with Crippen molar-refractivity contribution in [2.24, 2.45) is 5.92 Å². The van der Waals surface area contributed by atoms with Crippen LogP contribution in [0.1, 0.15) is 48.5 Å². The van der Waals surface area contributed by atoms with E-state index >= 15 is 0 Å². The molecule has 1 aromatic heterocycles. The second-order valence-corrected chi connectivity index (χ2v) is 8.87. The molecular weight excluding hydrogens is 453 g/mol. The van der Waals surface area contributed by atoms with E-state index in [-0.39, 0.29) is 23.6 Å². The van der Waals surface area contributed by atoms with Crippen LogP contribution in [-0.2, 0) is 6.18 Å². The van der Waals surface area contributed by atoms with Crippen LogP contribution in [-0.4, -0.2) is 23.0 Å². The minimum Gasteiger partial charge on any atom is -0.490 e. The van der Waals surface area contributed by atoms with E-state index in [1.807, 2.05) is 6.92 Å². The number of alkyl halides is 3. The topological polar surface area (TPSA) is 51.2 Å². The number of halogens is 4. The van der Waals surface area contributed by atoms with Gasteiger partial charge in [0, 0.05) is 28.2 Å². The molecule has 1 aliphatic rings. The van der Waals surface area contributed by atoms with Gasteiger partial charge in [0.05, 0.1) is 17.2 Å². The van der Waals surface area contributed by atoms with Crippen LogP contribution >= 0.6 is 11.6 Å². The number of nitrogens with zero attached hydrogens (tertiary/aromatic N) is 1. The lowest BCUT2D eigenvalue weighted by molar-refractivity contribution is -0.136. The molecule has 4 nitrogen and oxygen atoms in total. The number of para-hydroxylation sites is 1. The number of pyridine rings is 1. The first-order valence-electron chi connectivity index (χ1n) is 10.9. The molecule has 33 heavy (non-hydrogen) atoms. The Kier molecular flexibility index (Phi) is 6.79. The molecule has 2 aromatic carbocycles. The monoisotopic (exact) mass is 476 g/mol. The molecule has 1 unspecified atom stereocenters. The van der Waals surface area contributed by atoms with Crippen LogP contribution in [0.2, 0.25) is 5.02 Å². The molecule has 1 N–H and O–H groups in total. The van der Waals surface area contributed by atoms with Crippen LogP contribution in [0, 0.1) is 5.92 Å². The number of aromatic nitrogens is 1. The van der Waals surface area contributed by atoms with Crippen molar-refractivity contribution in [2.75, 3.05) is 0 Å². The summed E-state index contributed by atoms with van der Waals surface area (Å²) in [4.78, 5) is 16.4. The SMILES string of the molecule is CC(NC(=O)c1ccc(Cl)cc1)C1CCC(Oc2ccnc3c(C(F)(F)F)cccc23)CC1. The molecule has 0 aliphatic heterocycles. The van der Waals surface area contributed by atoms with Gasteiger partial charge in [-0.25, -0.2) is 0 Å². The van der Waals surface area contributed by atoms with Crippen LogP contribution in [0.5, 0.6) is 5.75 Å². The molecule has 1 atom stereocenters. The van der Waals surface area contributed by atoms with Crippen molar-refractivity contribution in [2.45, 2.75) is 50.9 Å². The minimum absolute atomic E-state index is 0.00905. The van der Waals surface area contributed by atoms with Crippen molar-refractivity contribution in [1.29, 1.82) is 0 Å². The number of fused-ring (bicyclic) bond motifs is 1. The summed E-state index contributed by atoms with van der Waals surface area (Å²) >= 11 is 5.88. The van der Waals surface area contributed by atoms with E-state index in [9.17, 15) is 18.0 Å². The molecule has 1 fully saturated rings. The summed E-state index contributed by atoms with van der Waals surface area (Å²) in [6.07, 6.45) is -0.000495. The normalized spacial score (nSPS) is 19.8. The highest BCUT2D eigenvalue weighted by atomic mass is 35.5. The van der Waals surface area contributed by atoms with Crippen molar-refractivity contribution in [3.05, 3.63) is 70.9 Å². The zero-order valence-electron chi connectivity index (χ0n) is 18.0. The Morgan fingerprint density at radius 3 is 2.45 bits per heavy atom. The molecule has 1 aliphatic carbocycles. The second-order valence-electron chi connectivity index (χ2n) is 8.43. The molecule has 4 rings (SSSR count). The lowest BCUT2D eigenvalue weighted by Gasteiger charge is -2.33. The smallest absolute Gasteiger partial charge is 0.418 e. The maximum absolute atomic E-state index is 13.3. The van der Waals surface area contributed by atoms with Crippen LogP contribution < -0.4 is 10.1 Å². The first kappa shape index (κ1) is 23.4. The Balaban J connectivity index is 1.37. The third-order valence-corrected chi connectivity index (χ3v) is 6.47. The molecule has 0 saturated heterocycles.